The number of ether oxygens (including phenoxy) is 1. The molecule has 0 amide bonds. The first-order valence-corrected chi connectivity index (χ1v) is 13.2. The molecule has 0 saturated heterocycles. The monoisotopic (exact) mass is 602 g/mol. The highest BCUT2D eigenvalue weighted by atomic mass is 32.2. The highest BCUT2D eigenvalue weighted by Gasteiger charge is 2.44. The summed E-state index contributed by atoms with van der Waals surface area (Å²) < 4.78 is 124. The van der Waals surface area contributed by atoms with Crippen LogP contribution >= 0.6 is 0 Å². The molecule has 0 unspecified atom stereocenters. The van der Waals surface area contributed by atoms with Gasteiger partial charge in [0, 0.05) is 25.0 Å². The SMILES string of the molecule is CCS(=O)(=O)c1nn2ccc(-c3ccc(OC(F)(F)C(F)F)cc3)nc2c1-c1nc2cc(C(F)(F)F)cnc2n1C. The number of rotatable bonds is 7. The van der Waals surface area contributed by atoms with Crippen molar-refractivity contribution in [3.63, 3.8) is 0 Å². The first kappa shape index (κ1) is 28.3. The third-order valence-electron chi connectivity index (χ3n) is 6.05. The van der Waals surface area contributed by atoms with E-state index in [9.17, 15) is 39.2 Å². The maximum absolute atomic E-state index is 13.3. The van der Waals surface area contributed by atoms with Gasteiger partial charge in [-0.25, -0.2) is 27.9 Å². The van der Waals surface area contributed by atoms with Crippen molar-refractivity contribution in [1.29, 1.82) is 0 Å². The molecular formula is C24H17F7N6O3S. The van der Waals surface area contributed by atoms with E-state index in [4.69, 9.17) is 0 Å². The van der Waals surface area contributed by atoms with E-state index >= 15 is 0 Å². The molecule has 0 N–H and O–H groups in total. The normalized spacial score (nSPS) is 13.0. The Balaban J connectivity index is 1.67. The van der Waals surface area contributed by atoms with Crippen LogP contribution in [0, 0.1) is 0 Å². The van der Waals surface area contributed by atoms with Crippen LogP contribution < -0.4 is 4.74 Å². The number of sulfone groups is 1. The molecule has 0 aliphatic carbocycles. The number of aromatic nitrogens is 6. The molecule has 5 aromatic rings. The largest absolute Gasteiger partial charge is 0.461 e. The molecule has 0 atom stereocenters. The minimum atomic E-state index is -4.70. The van der Waals surface area contributed by atoms with Crippen molar-refractivity contribution in [1.82, 2.24) is 29.1 Å². The summed E-state index contributed by atoms with van der Waals surface area (Å²) in [7, 11) is -2.57. The molecule has 0 fully saturated rings. The maximum Gasteiger partial charge on any atom is 0.461 e. The van der Waals surface area contributed by atoms with Gasteiger partial charge < -0.3 is 9.30 Å². The van der Waals surface area contributed by atoms with Crippen LogP contribution in [-0.2, 0) is 23.1 Å². The van der Waals surface area contributed by atoms with E-state index in [0.717, 1.165) is 22.7 Å². The fourth-order valence-corrected chi connectivity index (χ4v) is 4.95. The molecule has 0 aliphatic heterocycles. The van der Waals surface area contributed by atoms with Gasteiger partial charge in [0.15, 0.2) is 26.2 Å². The summed E-state index contributed by atoms with van der Waals surface area (Å²) in [6.45, 7) is 1.38. The fourth-order valence-electron chi connectivity index (χ4n) is 3.97. The number of fused-ring (bicyclic) bond motifs is 2. The second-order valence-corrected chi connectivity index (χ2v) is 10.9. The lowest BCUT2D eigenvalue weighted by Gasteiger charge is -2.16. The molecule has 0 spiro atoms. The van der Waals surface area contributed by atoms with Gasteiger partial charge in [-0.3, -0.25) is 0 Å². The van der Waals surface area contributed by atoms with Gasteiger partial charge in [-0.05, 0) is 36.4 Å². The summed E-state index contributed by atoms with van der Waals surface area (Å²) >= 11 is 0. The Morgan fingerprint density at radius 1 is 1.00 bits per heavy atom. The van der Waals surface area contributed by atoms with E-state index in [1.165, 1.54) is 42.9 Å². The average molecular weight is 602 g/mol. The van der Waals surface area contributed by atoms with Crippen molar-refractivity contribution in [3.05, 3.63) is 54.4 Å². The number of aryl methyl sites for hydroxylation is 1. The Kier molecular flexibility index (Phi) is 6.67. The molecule has 0 saturated carbocycles. The highest BCUT2D eigenvalue weighted by Crippen LogP contribution is 2.36. The second-order valence-electron chi connectivity index (χ2n) is 8.71. The van der Waals surface area contributed by atoms with Crippen LogP contribution in [0.15, 0.2) is 53.8 Å². The molecule has 0 aliphatic rings. The van der Waals surface area contributed by atoms with Gasteiger partial charge >= 0.3 is 18.7 Å². The van der Waals surface area contributed by atoms with Crippen molar-refractivity contribution in [2.45, 2.75) is 30.7 Å². The van der Waals surface area contributed by atoms with Crippen LogP contribution in [0.2, 0.25) is 0 Å². The van der Waals surface area contributed by atoms with Crippen LogP contribution in [0.4, 0.5) is 30.7 Å². The molecule has 4 heterocycles. The van der Waals surface area contributed by atoms with E-state index in [1.54, 1.807) is 0 Å². The molecule has 17 heteroatoms. The third kappa shape index (κ3) is 5.05. The van der Waals surface area contributed by atoms with Crippen LogP contribution in [0.5, 0.6) is 5.75 Å². The molecule has 1 aromatic carbocycles. The van der Waals surface area contributed by atoms with Crippen molar-refractivity contribution < 1.29 is 43.9 Å². The first-order valence-electron chi connectivity index (χ1n) is 11.6. The predicted molar refractivity (Wildman–Crippen MR) is 130 cm³/mol. The second kappa shape index (κ2) is 9.67. The van der Waals surface area contributed by atoms with Crippen LogP contribution in [0.25, 0.3) is 39.5 Å². The lowest BCUT2D eigenvalue weighted by atomic mass is 10.1. The summed E-state index contributed by atoms with van der Waals surface area (Å²) in [5, 5.41) is 3.72. The molecule has 9 nitrogen and oxygen atoms in total. The van der Waals surface area contributed by atoms with Crippen LogP contribution in [0.1, 0.15) is 12.5 Å². The molecule has 5 rings (SSSR count). The van der Waals surface area contributed by atoms with E-state index in [2.05, 4.69) is 24.8 Å². The molecule has 216 valence electrons. The lowest BCUT2D eigenvalue weighted by molar-refractivity contribution is -0.253. The summed E-state index contributed by atoms with van der Waals surface area (Å²) in [5.74, 6) is -0.967. The van der Waals surface area contributed by atoms with Gasteiger partial charge in [-0.15, -0.1) is 0 Å². The highest BCUT2D eigenvalue weighted by molar-refractivity contribution is 7.91. The minimum Gasteiger partial charge on any atom is -0.428 e. The Morgan fingerprint density at radius 3 is 2.29 bits per heavy atom. The Morgan fingerprint density at radius 2 is 1.68 bits per heavy atom. The minimum absolute atomic E-state index is 0.0338. The zero-order valence-electron chi connectivity index (χ0n) is 20.9. The van der Waals surface area contributed by atoms with E-state index < -0.39 is 44.9 Å². The van der Waals surface area contributed by atoms with Crippen LogP contribution in [0.3, 0.4) is 0 Å². The summed E-state index contributed by atoms with van der Waals surface area (Å²) in [5.41, 5.74) is -0.775. The van der Waals surface area contributed by atoms with Crippen LogP contribution in [-0.4, -0.2) is 55.8 Å². The van der Waals surface area contributed by atoms with E-state index in [1.807, 2.05) is 0 Å². The van der Waals surface area contributed by atoms with Gasteiger partial charge in [-0.2, -0.15) is 35.8 Å². The molecule has 4 aromatic heterocycles. The molecule has 0 bridgehead atoms. The Bertz CT molecular complexity index is 1880. The van der Waals surface area contributed by atoms with Gasteiger partial charge in [-0.1, -0.05) is 6.92 Å². The number of nitrogens with zero attached hydrogens (tertiary/aromatic N) is 6. The van der Waals surface area contributed by atoms with Gasteiger partial charge in [0.25, 0.3) is 0 Å². The number of hydrogen-bond acceptors (Lipinski definition) is 7. The average Bonchev–Trinajstić information content (AvgIpc) is 3.45. The number of benzene rings is 1. The molecule has 0 radical (unpaired) electrons. The van der Waals surface area contributed by atoms with Gasteiger partial charge in [0.1, 0.15) is 22.7 Å². The first-order chi connectivity index (χ1) is 19.1. The quantitative estimate of drug-likeness (QED) is 0.230. The molecular weight excluding hydrogens is 585 g/mol. The van der Waals surface area contributed by atoms with E-state index in [0.29, 0.717) is 11.8 Å². The standard InChI is InChI=1S/C24H17F7N6O3S/c1-3-41(38,39)21-17(19-34-16-10-13(23(27,28)29)11-32-18(16)36(19)2)20-33-15(8-9-37(20)35-21)12-4-6-14(7-5-12)40-24(30,31)22(25)26/h4-11,22H,3H2,1-2H3. The van der Waals surface area contributed by atoms with E-state index in [-0.39, 0.29) is 39.6 Å². The fraction of sp³-hybridized carbons (Fsp3) is 0.250. The van der Waals surface area contributed by atoms with Crippen molar-refractivity contribution in [3.8, 4) is 28.4 Å². The smallest absolute Gasteiger partial charge is 0.428 e. The summed E-state index contributed by atoms with van der Waals surface area (Å²) in [6.07, 6.45) is -11.4. The zero-order valence-corrected chi connectivity index (χ0v) is 21.7. The number of hydrogen-bond donors (Lipinski definition) is 0. The third-order valence-corrected chi connectivity index (χ3v) is 7.68. The zero-order chi connectivity index (χ0) is 29.9. The van der Waals surface area contributed by atoms with Crippen molar-refractivity contribution in [2.75, 3.05) is 5.75 Å². The predicted octanol–water partition coefficient (Wildman–Crippen LogP) is 5.39. The Labute approximate surface area is 226 Å². The van der Waals surface area contributed by atoms with Crippen molar-refractivity contribution >= 4 is 26.6 Å². The lowest BCUT2D eigenvalue weighted by Crippen LogP contribution is -2.33. The topological polar surface area (TPSA) is 104 Å². The number of pyridine rings is 1. The Hall–Kier alpha value is -4.28. The summed E-state index contributed by atoms with van der Waals surface area (Å²) in [6, 6.07) is 6.81. The van der Waals surface area contributed by atoms with Gasteiger partial charge in [0.2, 0.25) is 0 Å². The van der Waals surface area contributed by atoms with Gasteiger partial charge in [0.05, 0.1) is 17.0 Å². The number of alkyl halides is 7. The number of halogens is 7. The summed E-state index contributed by atoms with van der Waals surface area (Å²) in [4.78, 5) is 12.6. The molecule has 41 heavy (non-hydrogen) atoms. The van der Waals surface area contributed by atoms with Crippen molar-refractivity contribution in [2.24, 2.45) is 7.05 Å². The number of imidazole rings is 1. The maximum atomic E-state index is 13.3.